The molecule has 1 unspecified atom stereocenters. The Bertz CT molecular complexity index is 321. The van der Waals surface area contributed by atoms with Gasteiger partial charge >= 0.3 is 12.3 Å². The predicted octanol–water partition coefficient (Wildman–Crippen LogP) is 1.63. The first-order valence-electron chi connectivity index (χ1n) is 5.61. The van der Waals surface area contributed by atoms with Gasteiger partial charge in [0.25, 0.3) is 0 Å². The molecule has 0 saturated carbocycles. The fraction of sp³-hybridized carbons (Fsp3) is 0.818. The molecule has 0 heterocycles. The van der Waals surface area contributed by atoms with Crippen LogP contribution in [0.1, 0.15) is 20.8 Å². The lowest BCUT2D eigenvalue weighted by Gasteiger charge is -2.20. The normalized spacial score (nSPS) is 13.7. The number of ether oxygens (including phenoxy) is 1. The van der Waals surface area contributed by atoms with Gasteiger partial charge in [-0.05, 0) is 12.8 Å². The summed E-state index contributed by atoms with van der Waals surface area (Å²) in [5, 5.41) is 2.29. The fourth-order valence-electron chi connectivity index (χ4n) is 1.30. The van der Waals surface area contributed by atoms with Gasteiger partial charge in [-0.3, -0.25) is 9.59 Å². The number of nitrogens with one attached hydrogen (secondary N) is 1. The lowest BCUT2D eigenvalue weighted by molar-refractivity contribution is -0.168. The number of amides is 1. The van der Waals surface area contributed by atoms with Crippen LogP contribution in [0, 0.1) is 5.92 Å². The zero-order valence-corrected chi connectivity index (χ0v) is 10.9. The van der Waals surface area contributed by atoms with E-state index < -0.39 is 37.5 Å². The van der Waals surface area contributed by atoms with E-state index in [4.69, 9.17) is 0 Å². The van der Waals surface area contributed by atoms with E-state index >= 15 is 0 Å². The summed E-state index contributed by atoms with van der Waals surface area (Å²) in [7, 11) is 0. The van der Waals surface area contributed by atoms with Crippen molar-refractivity contribution >= 4 is 11.7 Å². The SMILES string of the molecule is CC(=O)C(NC(=O)COCC(F)(F)C(F)F)C(C)C. The highest BCUT2D eigenvalue weighted by Gasteiger charge is 2.41. The van der Waals surface area contributed by atoms with Crippen LogP contribution >= 0.6 is 0 Å². The Hall–Kier alpha value is -1.18. The molecule has 0 spiro atoms. The maximum absolute atomic E-state index is 12.5. The van der Waals surface area contributed by atoms with E-state index in [1.54, 1.807) is 13.8 Å². The maximum atomic E-state index is 12.5. The van der Waals surface area contributed by atoms with Crippen molar-refractivity contribution in [2.45, 2.75) is 39.2 Å². The summed E-state index contributed by atoms with van der Waals surface area (Å²) in [5.41, 5.74) is 0. The number of ketones is 1. The second-order valence-corrected chi connectivity index (χ2v) is 4.45. The van der Waals surface area contributed by atoms with E-state index in [0.717, 1.165) is 0 Å². The number of halogens is 4. The number of alkyl halides is 4. The van der Waals surface area contributed by atoms with Crippen LogP contribution in [-0.2, 0) is 14.3 Å². The molecule has 1 atom stereocenters. The van der Waals surface area contributed by atoms with E-state index in [0.29, 0.717) is 0 Å². The van der Waals surface area contributed by atoms with Crippen molar-refractivity contribution in [2.75, 3.05) is 13.2 Å². The van der Waals surface area contributed by atoms with Crippen molar-refractivity contribution in [1.29, 1.82) is 0 Å². The van der Waals surface area contributed by atoms with Gasteiger partial charge in [0.05, 0.1) is 6.04 Å². The van der Waals surface area contributed by atoms with Crippen LogP contribution in [0.3, 0.4) is 0 Å². The van der Waals surface area contributed by atoms with Gasteiger partial charge in [-0.2, -0.15) is 8.78 Å². The average Bonchev–Trinajstić information content (AvgIpc) is 2.24. The third-order valence-electron chi connectivity index (χ3n) is 2.27. The van der Waals surface area contributed by atoms with E-state index in [1.807, 2.05) is 0 Å². The Labute approximate surface area is 108 Å². The van der Waals surface area contributed by atoms with Gasteiger partial charge in [0.1, 0.15) is 13.2 Å². The van der Waals surface area contributed by atoms with Gasteiger partial charge in [-0.1, -0.05) is 13.8 Å². The molecule has 19 heavy (non-hydrogen) atoms. The minimum absolute atomic E-state index is 0.177. The first-order chi connectivity index (χ1) is 8.58. The Morgan fingerprint density at radius 3 is 2.16 bits per heavy atom. The smallest absolute Gasteiger partial charge is 0.330 e. The van der Waals surface area contributed by atoms with Crippen molar-refractivity contribution < 1.29 is 31.9 Å². The highest BCUT2D eigenvalue weighted by molar-refractivity contribution is 5.88. The molecule has 0 aliphatic carbocycles. The second-order valence-electron chi connectivity index (χ2n) is 4.45. The molecule has 0 aromatic heterocycles. The Balaban J connectivity index is 4.16. The summed E-state index contributed by atoms with van der Waals surface area (Å²) in [4.78, 5) is 22.5. The molecule has 0 aromatic rings. The van der Waals surface area contributed by atoms with Crippen LogP contribution in [-0.4, -0.2) is 43.3 Å². The van der Waals surface area contributed by atoms with Gasteiger partial charge in [0, 0.05) is 0 Å². The number of carbonyl (C=O) groups is 2. The molecule has 0 bridgehead atoms. The van der Waals surface area contributed by atoms with Crippen LogP contribution < -0.4 is 5.32 Å². The van der Waals surface area contributed by atoms with E-state index in [1.165, 1.54) is 6.92 Å². The minimum Gasteiger partial charge on any atom is -0.365 e. The molecule has 0 aliphatic heterocycles. The second kappa shape index (κ2) is 7.42. The molecule has 4 nitrogen and oxygen atoms in total. The van der Waals surface area contributed by atoms with Crippen LogP contribution in [0.5, 0.6) is 0 Å². The highest BCUT2D eigenvalue weighted by Crippen LogP contribution is 2.22. The number of carbonyl (C=O) groups excluding carboxylic acids is 2. The zero-order valence-electron chi connectivity index (χ0n) is 10.9. The molecule has 0 aromatic carbocycles. The van der Waals surface area contributed by atoms with Crippen molar-refractivity contribution in [2.24, 2.45) is 5.92 Å². The average molecular weight is 287 g/mol. The Kier molecular flexibility index (Phi) is 6.96. The van der Waals surface area contributed by atoms with Crippen LogP contribution in [0.2, 0.25) is 0 Å². The molecular formula is C11H17F4NO3. The summed E-state index contributed by atoms with van der Waals surface area (Å²) in [5.74, 6) is -5.57. The highest BCUT2D eigenvalue weighted by atomic mass is 19.3. The quantitative estimate of drug-likeness (QED) is 0.690. The fourth-order valence-corrected chi connectivity index (χ4v) is 1.30. The topological polar surface area (TPSA) is 55.4 Å². The Morgan fingerprint density at radius 1 is 1.26 bits per heavy atom. The lowest BCUT2D eigenvalue weighted by atomic mass is 10.0. The molecule has 8 heteroatoms. The third-order valence-corrected chi connectivity index (χ3v) is 2.27. The van der Waals surface area contributed by atoms with E-state index in [9.17, 15) is 27.2 Å². The van der Waals surface area contributed by atoms with Crippen molar-refractivity contribution in [3.05, 3.63) is 0 Å². The summed E-state index contributed by atoms with van der Waals surface area (Å²) in [6.07, 6.45) is -3.85. The van der Waals surface area contributed by atoms with Crippen molar-refractivity contribution in [3.63, 3.8) is 0 Å². The lowest BCUT2D eigenvalue weighted by Crippen LogP contribution is -2.45. The van der Waals surface area contributed by atoms with E-state index in [-0.39, 0.29) is 11.7 Å². The van der Waals surface area contributed by atoms with Crippen LogP contribution in [0.25, 0.3) is 0 Å². The largest absolute Gasteiger partial charge is 0.365 e. The number of hydrogen-bond donors (Lipinski definition) is 1. The van der Waals surface area contributed by atoms with Crippen molar-refractivity contribution in [3.8, 4) is 0 Å². The third kappa shape index (κ3) is 6.51. The number of rotatable bonds is 8. The van der Waals surface area contributed by atoms with Gasteiger partial charge in [0.2, 0.25) is 5.91 Å². The van der Waals surface area contributed by atoms with Crippen LogP contribution in [0.15, 0.2) is 0 Å². The maximum Gasteiger partial charge on any atom is 0.330 e. The summed E-state index contributed by atoms with van der Waals surface area (Å²) >= 11 is 0. The molecule has 0 saturated heterocycles. The van der Waals surface area contributed by atoms with Gasteiger partial charge in [-0.15, -0.1) is 0 Å². The first-order valence-corrected chi connectivity index (χ1v) is 5.61. The summed E-state index contributed by atoms with van der Waals surface area (Å²) < 4.78 is 52.7. The number of hydrogen-bond acceptors (Lipinski definition) is 3. The minimum atomic E-state index is -4.29. The number of Topliss-reactive ketones (excluding diaryl/α,β-unsaturated/α-hetero) is 1. The monoisotopic (exact) mass is 287 g/mol. The molecule has 0 fully saturated rings. The first kappa shape index (κ1) is 17.8. The Morgan fingerprint density at radius 2 is 1.79 bits per heavy atom. The molecule has 1 N–H and O–H groups in total. The molecule has 1 amide bonds. The molecule has 112 valence electrons. The van der Waals surface area contributed by atoms with Gasteiger partial charge < -0.3 is 10.1 Å². The molecule has 0 aliphatic rings. The summed E-state index contributed by atoms with van der Waals surface area (Å²) in [6.45, 7) is 2.30. The zero-order chi connectivity index (χ0) is 15.2. The molecule has 0 radical (unpaired) electrons. The predicted molar refractivity (Wildman–Crippen MR) is 59.2 cm³/mol. The van der Waals surface area contributed by atoms with E-state index in [2.05, 4.69) is 10.1 Å². The van der Waals surface area contributed by atoms with Crippen molar-refractivity contribution in [1.82, 2.24) is 5.32 Å². The van der Waals surface area contributed by atoms with Gasteiger partial charge in [0.15, 0.2) is 5.78 Å². The van der Waals surface area contributed by atoms with Crippen LogP contribution in [0.4, 0.5) is 17.6 Å². The summed E-state index contributed by atoms with van der Waals surface area (Å²) in [6, 6.07) is -0.758. The molecular weight excluding hydrogens is 270 g/mol. The standard InChI is InChI=1S/C11H17F4NO3/c1-6(2)9(7(3)17)16-8(18)4-19-5-11(14,15)10(12)13/h6,9-10H,4-5H2,1-3H3,(H,16,18). The molecule has 0 rings (SSSR count). The van der Waals surface area contributed by atoms with Gasteiger partial charge in [-0.25, -0.2) is 8.78 Å².